The Labute approximate surface area is 146 Å². The molecule has 0 atom stereocenters. The molecule has 2 aromatic rings. The molecule has 0 aliphatic heterocycles. The Kier molecular flexibility index (Phi) is 6.00. The number of anilines is 1. The molecule has 2 rings (SSSR count). The third-order valence-electron chi connectivity index (χ3n) is 3.13. The quantitative estimate of drug-likeness (QED) is 0.640. The van der Waals surface area contributed by atoms with Gasteiger partial charge in [-0.05, 0) is 44.2 Å². The normalized spacial score (nSPS) is 10.3. The molecule has 0 aliphatic carbocycles. The fourth-order valence-corrected chi connectivity index (χ4v) is 2.15. The molecule has 132 valence electrons. The zero-order valence-electron chi connectivity index (χ0n) is 14.7. The maximum atomic E-state index is 12.3. The third-order valence-corrected chi connectivity index (χ3v) is 3.13. The van der Waals surface area contributed by atoms with Crippen molar-refractivity contribution in [3.63, 3.8) is 0 Å². The Bertz CT molecular complexity index is 770. The number of hydrogen-bond donors (Lipinski definition) is 1. The second-order valence-electron chi connectivity index (χ2n) is 5.63. The second-order valence-corrected chi connectivity index (χ2v) is 5.63. The first kappa shape index (κ1) is 18.3. The Morgan fingerprint density at radius 3 is 2.44 bits per heavy atom. The van der Waals surface area contributed by atoms with Crippen molar-refractivity contribution in [1.82, 2.24) is 0 Å². The number of benzene rings is 2. The van der Waals surface area contributed by atoms with Crippen LogP contribution in [0.15, 0.2) is 42.5 Å². The molecule has 0 aliphatic rings. The molecule has 0 spiro atoms. The monoisotopic (exact) mass is 343 g/mol. The molecule has 0 aromatic heterocycles. The summed E-state index contributed by atoms with van der Waals surface area (Å²) >= 11 is 0. The fraction of sp³-hybridized carbons (Fsp3) is 0.263. The zero-order chi connectivity index (χ0) is 18.4. The van der Waals surface area contributed by atoms with E-state index in [1.54, 1.807) is 42.5 Å². The lowest BCUT2D eigenvalue weighted by molar-refractivity contribution is -0.114. The van der Waals surface area contributed by atoms with Crippen molar-refractivity contribution in [1.29, 1.82) is 0 Å². The van der Waals surface area contributed by atoms with E-state index in [-0.39, 0.29) is 12.0 Å². The fourth-order valence-electron chi connectivity index (χ4n) is 2.15. The van der Waals surface area contributed by atoms with Crippen molar-refractivity contribution < 1.29 is 23.8 Å². The lowest BCUT2D eigenvalue weighted by Crippen LogP contribution is -2.11. The van der Waals surface area contributed by atoms with Crippen LogP contribution in [0.25, 0.3) is 0 Å². The predicted molar refractivity (Wildman–Crippen MR) is 94.5 cm³/mol. The molecular weight excluding hydrogens is 322 g/mol. The zero-order valence-corrected chi connectivity index (χ0v) is 14.7. The van der Waals surface area contributed by atoms with Crippen LogP contribution >= 0.6 is 0 Å². The van der Waals surface area contributed by atoms with E-state index in [0.717, 1.165) is 0 Å². The summed E-state index contributed by atoms with van der Waals surface area (Å²) in [6.45, 7) is 5.22. The van der Waals surface area contributed by atoms with E-state index < -0.39 is 5.97 Å². The molecule has 0 fully saturated rings. The van der Waals surface area contributed by atoms with Crippen LogP contribution in [0, 0.1) is 0 Å². The van der Waals surface area contributed by atoms with Gasteiger partial charge in [0.25, 0.3) is 0 Å². The van der Waals surface area contributed by atoms with Gasteiger partial charge in [-0.3, -0.25) is 4.79 Å². The number of amides is 1. The van der Waals surface area contributed by atoms with E-state index in [1.807, 2.05) is 13.8 Å². The minimum atomic E-state index is -0.533. The summed E-state index contributed by atoms with van der Waals surface area (Å²) in [6.07, 6.45) is -0.0109. The van der Waals surface area contributed by atoms with Gasteiger partial charge in [-0.15, -0.1) is 0 Å². The van der Waals surface area contributed by atoms with Crippen LogP contribution < -0.4 is 19.5 Å². The van der Waals surface area contributed by atoms with Gasteiger partial charge in [0.1, 0.15) is 5.75 Å². The van der Waals surface area contributed by atoms with Gasteiger partial charge >= 0.3 is 5.97 Å². The smallest absolute Gasteiger partial charge is 0.343 e. The summed E-state index contributed by atoms with van der Waals surface area (Å²) in [6, 6.07) is 11.5. The Morgan fingerprint density at radius 2 is 1.80 bits per heavy atom. The third kappa shape index (κ3) is 5.24. The molecule has 0 radical (unpaired) electrons. The average molecular weight is 343 g/mol. The van der Waals surface area contributed by atoms with Gasteiger partial charge in [0.05, 0.1) is 18.8 Å². The van der Waals surface area contributed by atoms with Gasteiger partial charge in [-0.2, -0.15) is 0 Å². The van der Waals surface area contributed by atoms with Crippen molar-refractivity contribution >= 4 is 17.6 Å². The second kappa shape index (κ2) is 8.19. The lowest BCUT2D eigenvalue weighted by atomic mass is 10.2. The molecule has 0 unspecified atom stereocenters. The first-order valence-electron chi connectivity index (χ1n) is 7.83. The maximum absolute atomic E-state index is 12.3. The van der Waals surface area contributed by atoms with E-state index in [0.29, 0.717) is 28.5 Å². The van der Waals surface area contributed by atoms with E-state index in [9.17, 15) is 9.59 Å². The van der Waals surface area contributed by atoms with Crippen molar-refractivity contribution in [2.24, 2.45) is 0 Å². The number of ether oxygens (including phenoxy) is 3. The Hall–Kier alpha value is -3.02. The van der Waals surface area contributed by atoms with Crippen LogP contribution in [0.2, 0.25) is 0 Å². The van der Waals surface area contributed by atoms with Crippen molar-refractivity contribution in [3.8, 4) is 17.2 Å². The van der Waals surface area contributed by atoms with Crippen molar-refractivity contribution in [2.75, 3.05) is 12.4 Å². The number of carbonyl (C=O) groups excluding carboxylic acids is 2. The van der Waals surface area contributed by atoms with Gasteiger partial charge in [-0.1, -0.05) is 6.07 Å². The molecule has 2 aromatic carbocycles. The van der Waals surface area contributed by atoms with Crippen LogP contribution in [0.1, 0.15) is 31.1 Å². The Balaban J connectivity index is 2.16. The molecule has 1 N–H and O–H groups in total. The standard InChI is InChI=1S/C19H21NO5/c1-12(2)24-17-9-8-14(10-18(17)23-4)19(22)25-16-7-5-6-15(11-16)20-13(3)21/h5-12H,1-4H3,(H,20,21). The summed E-state index contributed by atoms with van der Waals surface area (Å²) < 4.78 is 16.3. The number of rotatable bonds is 6. The molecule has 1 amide bonds. The first-order chi connectivity index (χ1) is 11.9. The van der Waals surface area contributed by atoms with Crippen molar-refractivity contribution in [2.45, 2.75) is 26.9 Å². The van der Waals surface area contributed by atoms with Crippen LogP contribution in [0.5, 0.6) is 17.2 Å². The van der Waals surface area contributed by atoms with Gasteiger partial charge in [-0.25, -0.2) is 4.79 Å². The highest BCUT2D eigenvalue weighted by atomic mass is 16.5. The largest absolute Gasteiger partial charge is 0.493 e. The highest BCUT2D eigenvalue weighted by Gasteiger charge is 2.14. The minimum absolute atomic E-state index is 0.0109. The number of carbonyl (C=O) groups is 2. The van der Waals surface area contributed by atoms with Crippen LogP contribution in [-0.4, -0.2) is 25.1 Å². The molecular formula is C19H21NO5. The van der Waals surface area contributed by atoms with E-state index in [4.69, 9.17) is 14.2 Å². The number of methoxy groups -OCH3 is 1. The highest BCUT2D eigenvalue weighted by molar-refractivity contribution is 5.92. The molecule has 0 bridgehead atoms. The van der Waals surface area contributed by atoms with E-state index in [1.165, 1.54) is 14.0 Å². The van der Waals surface area contributed by atoms with Crippen LogP contribution in [0.4, 0.5) is 5.69 Å². The minimum Gasteiger partial charge on any atom is -0.493 e. The number of esters is 1. The number of hydrogen-bond acceptors (Lipinski definition) is 5. The highest BCUT2D eigenvalue weighted by Crippen LogP contribution is 2.29. The van der Waals surface area contributed by atoms with Gasteiger partial charge in [0, 0.05) is 18.7 Å². The van der Waals surface area contributed by atoms with Gasteiger partial charge < -0.3 is 19.5 Å². The summed E-state index contributed by atoms with van der Waals surface area (Å²) in [4.78, 5) is 23.4. The molecule has 0 saturated carbocycles. The summed E-state index contributed by atoms with van der Waals surface area (Å²) in [5, 5.41) is 2.64. The molecule has 6 heteroatoms. The summed E-state index contributed by atoms with van der Waals surface area (Å²) in [7, 11) is 1.51. The molecule has 0 heterocycles. The predicted octanol–water partition coefficient (Wildman–Crippen LogP) is 3.66. The van der Waals surface area contributed by atoms with Crippen LogP contribution in [0.3, 0.4) is 0 Å². The summed E-state index contributed by atoms with van der Waals surface area (Å²) in [5.41, 5.74) is 0.883. The van der Waals surface area contributed by atoms with Gasteiger partial charge in [0.15, 0.2) is 11.5 Å². The van der Waals surface area contributed by atoms with Crippen molar-refractivity contribution in [3.05, 3.63) is 48.0 Å². The topological polar surface area (TPSA) is 73.9 Å². The van der Waals surface area contributed by atoms with Gasteiger partial charge in [0.2, 0.25) is 5.91 Å². The Morgan fingerprint density at radius 1 is 1.04 bits per heavy atom. The molecule has 6 nitrogen and oxygen atoms in total. The van der Waals surface area contributed by atoms with E-state index >= 15 is 0 Å². The maximum Gasteiger partial charge on any atom is 0.343 e. The SMILES string of the molecule is COc1cc(C(=O)Oc2cccc(NC(C)=O)c2)ccc1OC(C)C. The molecule has 25 heavy (non-hydrogen) atoms. The lowest BCUT2D eigenvalue weighted by Gasteiger charge is -2.14. The van der Waals surface area contributed by atoms with Crippen LogP contribution in [-0.2, 0) is 4.79 Å². The van der Waals surface area contributed by atoms with E-state index in [2.05, 4.69) is 5.32 Å². The number of nitrogens with one attached hydrogen (secondary N) is 1. The first-order valence-corrected chi connectivity index (χ1v) is 7.83. The average Bonchev–Trinajstić information content (AvgIpc) is 2.54. The summed E-state index contributed by atoms with van der Waals surface area (Å²) in [5.74, 6) is 0.609. The molecule has 0 saturated heterocycles.